The van der Waals surface area contributed by atoms with Gasteiger partial charge in [-0.15, -0.1) is 0 Å². The van der Waals surface area contributed by atoms with Crippen molar-refractivity contribution in [2.45, 2.75) is 6.61 Å². The zero-order valence-electron chi connectivity index (χ0n) is 13.5. The van der Waals surface area contributed by atoms with Gasteiger partial charge in [0.2, 0.25) is 0 Å². The lowest BCUT2D eigenvalue weighted by Crippen LogP contribution is -1.99. The summed E-state index contributed by atoms with van der Waals surface area (Å²) in [5, 5.41) is 0.542. The van der Waals surface area contributed by atoms with E-state index in [2.05, 4.69) is 9.97 Å². The summed E-state index contributed by atoms with van der Waals surface area (Å²) in [6, 6.07) is 16.5. The van der Waals surface area contributed by atoms with Gasteiger partial charge in [0.05, 0.1) is 16.6 Å². The minimum atomic E-state index is -0.903. The molecule has 1 heterocycles. The standard InChI is InChI=1S/C20H13ClF2N2O/c21-13-6-8-19(26-11-12-5-7-15(22)16(23)9-12)14(10-13)20-24-17-3-1-2-4-18(17)25-20/h1-10H,11H2,(H,24,25). The summed E-state index contributed by atoms with van der Waals surface area (Å²) in [5.74, 6) is -0.630. The minimum absolute atomic E-state index is 0.0893. The van der Waals surface area contributed by atoms with Crippen LogP contribution in [-0.2, 0) is 6.61 Å². The van der Waals surface area contributed by atoms with E-state index in [-0.39, 0.29) is 6.61 Å². The molecule has 0 aliphatic rings. The zero-order valence-corrected chi connectivity index (χ0v) is 14.2. The Balaban J connectivity index is 1.67. The number of aromatic nitrogens is 2. The van der Waals surface area contributed by atoms with Crippen LogP contribution >= 0.6 is 11.6 Å². The van der Waals surface area contributed by atoms with Crippen LogP contribution in [0.2, 0.25) is 5.02 Å². The van der Waals surface area contributed by atoms with Gasteiger partial charge in [-0.3, -0.25) is 0 Å². The summed E-state index contributed by atoms with van der Waals surface area (Å²) in [5.41, 5.74) is 2.94. The molecule has 6 heteroatoms. The molecule has 26 heavy (non-hydrogen) atoms. The quantitative estimate of drug-likeness (QED) is 0.497. The predicted octanol–water partition coefficient (Wildman–Crippen LogP) is 5.74. The first kappa shape index (κ1) is 16.5. The Morgan fingerprint density at radius 1 is 0.962 bits per heavy atom. The monoisotopic (exact) mass is 370 g/mol. The highest BCUT2D eigenvalue weighted by molar-refractivity contribution is 6.30. The van der Waals surface area contributed by atoms with E-state index in [9.17, 15) is 8.78 Å². The number of nitrogens with one attached hydrogen (secondary N) is 1. The number of ether oxygens (including phenoxy) is 1. The van der Waals surface area contributed by atoms with E-state index in [0.717, 1.165) is 23.2 Å². The van der Waals surface area contributed by atoms with Crippen molar-refractivity contribution in [1.82, 2.24) is 9.97 Å². The molecule has 0 aliphatic carbocycles. The molecular weight excluding hydrogens is 358 g/mol. The Hall–Kier alpha value is -2.92. The van der Waals surface area contributed by atoms with E-state index in [1.807, 2.05) is 24.3 Å². The zero-order chi connectivity index (χ0) is 18.1. The lowest BCUT2D eigenvalue weighted by molar-refractivity contribution is 0.306. The highest BCUT2D eigenvalue weighted by atomic mass is 35.5. The number of para-hydroxylation sites is 2. The maximum Gasteiger partial charge on any atom is 0.159 e. The van der Waals surface area contributed by atoms with Crippen LogP contribution in [-0.4, -0.2) is 9.97 Å². The van der Waals surface area contributed by atoms with Crippen molar-refractivity contribution in [1.29, 1.82) is 0 Å². The fourth-order valence-electron chi connectivity index (χ4n) is 2.68. The van der Waals surface area contributed by atoms with E-state index >= 15 is 0 Å². The first-order valence-electron chi connectivity index (χ1n) is 7.91. The SMILES string of the molecule is Fc1ccc(COc2ccc(Cl)cc2-c2nc3ccccc3[nH]2)cc1F. The Morgan fingerprint density at radius 2 is 1.81 bits per heavy atom. The third-order valence-electron chi connectivity index (χ3n) is 3.96. The Morgan fingerprint density at radius 3 is 2.62 bits per heavy atom. The smallest absolute Gasteiger partial charge is 0.159 e. The highest BCUT2D eigenvalue weighted by Gasteiger charge is 2.13. The fraction of sp³-hybridized carbons (Fsp3) is 0.0500. The number of nitrogens with zero attached hydrogens (tertiary/aromatic N) is 1. The second-order valence-electron chi connectivity index (χ2n) is 5.78. The van der Waals surface area contributed by atoms with E-state index < -0.39 is 11.6 Å². The molecule has 1 aromatic heterocycles. The Labute approximate surface area is 153 Å². The second-order valence-corrected chi connectivity index (χ2v) is 6.22. The van der Waals surface area contributed by atoms with Crippen LogP contribution in [0.15, 0.2) is 60.7 Å². The Kier molecular flexibility index (Phi) is 4.31. The molecule has 4 rings (SSSR count). The van der Waals surface area contributed by atoms with E-state index in [0.29, 0.717) is 27.7 Å². The van der Waals surface area contributed by atoms with Gasteiger partial charge >= 0.3 is 0 Å². The predicted molar refractivity (Wildman–Crippen MR) is 97.2 cm³/mol. The maximum atomic E-state index is 13.4. The molecule has 3 nitrogen and oxygen atoms in total. The van der Waals surface area contributed by atoms with Gasteiger partial charge in [0.1, 0.15) is 18.2 Å². The maximum absolute atomic E-state index is 13.4. The number of aromatic amines is 1. The Bertz CT molecular complexity index is 1060. The van der Waals surface area contributed by atoms with Crippen molar-refractivity contribution in [2.75, 3.05) is 0 Å². The summed E-state index contributed by atoms with van der Waals surface area (Å²) in [7, 11) is 0. The van der Waals surface area contributed by atoms with Gasteiger partial charge in [-0.25, -0.2) is 13.8 Å². The van der Waals surface area contributed by atoms with Gasteiger partial charge in [-0.2, -0.15) is 0 Å². The van der Waals surface area contributed by atoms with Crippen LogP contribution in [0.1, 0.15) is 5.56 Å². The average Bonchev–Trinajstić information content (AvgIpc) is 3.07. The van der Waals surface area contributed by atoms with Gasteiger partial charge in [-0.1, -0.05) is 29.8 Å². The topological polar surface area (TPSA) is 37.9 Å². The molecule has 0 atom stereocenters. The van der Waals surface area contributed by atoms with E-state index in [1.165, 1.54) is 6.07 Å². The van der Waals surface area contributed by atoms with Crippen molar-refractivity contribution in [3.8, 4) is 17.1 Å². The molecule has 0 spiro atoms. The number of benzene rings is 3. The van der Waals surface area contributed by atoms with E-state index in [4.69, 9.17) is 16.3 Å². The van der Waals surface area contributed by atoms with Gasteiger partial charge in [0.15, 0.2) is 11.6 Å². The molecule has 0 fully saturated rings. The molecule has 4 aromatic rings. The van der Waals surface area contributed by atoms with Crippen LogP contribution in [0.3, 0.4) is 0 Å². The summed E-state index contributed by atoms with van der Waals surface area (Å²) in [6.07, 6.45) is 0. The number of imidazole rings is 1. The minimum Gasteiger partial charge on any atom is -0.488 e. The van der Waals surface area contributed by atoms with E-state index in [1.54, 1.807) is 18.2 Å². The largest absolute Gasteiger partial charge is 0.488 e. The molecule has 0 saturated heterocycles. The third kappa shape index (κ3) is 3.26. The highest BCUT2D eigenvalue weighted by Crippen LogP contribution is 2.32. The average molecular weight is 371 g/mol. The van der Waals surface area contributed by atoms with Crippen molar-refractivity contribution in [3.63, 3.8) is 0 Å². The van der Waals surface area contributed by atoms with Crippen LogP contribution in [0.4, 0.5) is 8.78 Å². The second kappa shape index (κ2) is 6.77. The van der Waals surface area contributed by atoms with Crippen molar-refractivity contribution >= 4 is 22.6 Å². The van der Waals surface area contributed by atoms with Crippen molar-refractivity contribution in [3.05, 3.63) is 82.9 Å². The normalized spacial score (nSPS) is 11.0. The van der Waals surface area contributed by atoms with Gasteiger partial charge in [-0.05, 0) is 48.0 Å². The van der Waals surface area contributed by atoms with Crippen molar-refractivity contribution in [2.24, 2.45) is 0 Å². The molecule has 3 aromatic carbocycles. The number of fused-ring (bicyclic) bond motifs is 1. The summed E-state index contributed by atoms with van der Waals surface area (Å²) in [6.45, 7) is 0.0893. The van der Waals surface area contributed by atoms with Gasteiger partial charge in [0.25, 0.3) is 0 Å². The molecule has 130 valence electrons. The van der Waals surface area contributed by atoms with Crippen molar-refractivity contribution < 1.29 is 13.5 Å². The number of rotatable bonds is 4. The molecule has 0 aliphatic heterocycles. The van der Waals surface area contributed by atoms with Crippen LogP contribution in [0.5, 0.6) is 5.75 Å². The first-order chi connectivity index (χ1) is 12.6. The number of hydrogen-bond donors (Lipinski definition) is 1. The van der Waals surface area contributed by atoms with Gasteiger partial charge in [0, 0.05) is 5.02 Å². The summed E-state index contributed by atoms with van der Waals surface area (Å²) >= 11 is 6.13. The summed E-state index contributed by atoms with van der Waals surface area (Å²) < 4.78 is 32.2. The van der Waals surface area contributed by atoms with Gasteiger partial charge < -0.3 is 9.72 Å². The molecule has 0 radical (unpaired) electrons. The molecule has 0 bridgehead atoms. The van der Waals surface area contributed by atoms with Crippen LogP contribution in [0.25, 0.3) is 22.4 Å². The molecule has 0 amide bonds. The lowest BCUT2D eigenvalue weighted by atomic mass is 10.2. The van der Waals surface area contributed by atoms with Crippen LogP contribution in [0, 0.1) is 11.6 Å². The first-order valence-corrected chi connectivity index (χ1v) is 8.29. The number of H-pyrrole nitrogens is 1. The molecular formula is C20H13ClF2N2O. The van der Waals surface area contributed by atoms with Crippen LogP contribution < -0.4 is 4.74 Å². The molecule has 0 saturated carbocycles. The molecule has 1 N–H and O–H groups in total. The molecule has 0 unspecified atom stereocenters. The number of halogens is 3. The summed E-state index contributed by atoms with van der Waals surface area (Å²) in [4.78, 5) is 7.80. The third-order valence-corrected chi connectivity index (χ3v) is 4.20. The number of hydrogen-bond acceptors (Lipinski definition) is 2. The lowest BCUT2D eigenvalue weighted by Gasteiger charge is -2.11. The fourth-order valence-corrected chi connectivity index (χ4v) is 2.86.